The molecule has 0 spiro atoms. The summed E-state index contributed by atoms with van der Waals surface area (Å²) in [5, 5.41) is 4.51. The molecule has 2 aromatic rings. The van der Waals surface area contributed by atoms with Crippen molar-refractivity contribution < 1.29 is 14.3 Å². The number of nitrogens with one attached hydrogen (secondary N) is 1. The highest BCUT2D eigenvalue weighted by Gasteiger charge is 2.44. The topological polar surface area (TPSA) is 47.6 Å². The maximum atomic E-state index is 13.3. The number of ether oxygens (including phenoxy) is 2. The summed E-state index contributed by atoms with van der Waals surface area (Å²) in [5.74, 6) is 0.464. The molecule has 150 valence electrons. The van der Waals surface area contributed by atoms with Crippen molar-refractivity contribution in [3.63, 3.8) is 0 Å². The number of rotatable bonds is 7. The van der Waals surface area contributed by atoms with Crippen LogP contribution < -0.4 is 10.1 Å². The third-order valence-electron chi connectivity index (χ3n) is 5.07. The Hall–Kier alpha value is -1.46. The van der Waals surface area contributed by atoms with Crippen molar-refractivity contribution in [3.8, 4) is 5.75 Å². The molecule has 7 heteroatoms. The van der Waals surface area contributed by atoms with Gasteiger partial charge in [0.2, 0.25) is 5.91 Å². The van der Waals surface area contributed by atoms with Crippen LogP contribution in [0.25, 0.3) is 0 Å². The van der Waals surface area contributed by atoms with E-state index in [1.54, 1.807) is 37.4 Å². The second-order valence-corrected chi connectivity index (χ2v) is 8.10. The summed E-state index contributed by atoms with van der Waals surface area (Å²) in [4.78, 5) is 13.3. The van der Waals surface area contributed by atoms with E-state index in [0.29, 0.717) is 39.7 Å². The smallest absolute Gasteiger partial charge is 0.235 e. The summed E-state index contributed by atoms with van der Waals surface area (Å²) in [7, 11) is 1.61. The maximum Gasteiger partial charge on any atom is 0.235 e. The van der Waals surface area contributed by atoms with Crippen molar-refractivity contribution in [3.05, 3.63) is 57.0 Å². The highest BCUT2D eigenvalue weighted by Crippen LogP contribution is 2.45. The Labute approximate surface area is 180 Å². The largest absolute Gasteiger partial charge is 0.490 e. The number of hydrogen-bond acceptors (Lipinski definition) is 3. The molecule has 3 rings (SSSR count). The molecule has 4 nitrogen and oxygen atoms in total. The Balaban J connectivity index is 1.81. The van der Waals surface area contributed by atoms with E-state index in [4.69, 9.17) is 44.3 Å². The second-order valence-electron chi connectivity index (χ2n) is 6.85. The van der Waals surface area contributed by atoms with E-state index in [-0.39, 0.29) is 5.91 Å². The normalized spacial score (nSPS) is 15.4. The van der Waals surface area contributed by atoms with E-state index in [1.807, 2.05) is 6.07 Å². The van der Waals surface area contributed by atoms with Gasteiger partial charge in [-0.05, 0) is 48.7 Å². The highest BCUT2D eigenvalue weighted by atomic mass is 35.5. The average Bonchev–Trinajstić information content (AvgIpc) is 3.14. The van der Waals surface area contributed by atoms with E-state index in [1.165, 1.54) is 0 Å². The van der Waals surface area contributed by atoms with Gasteiger partial charge in [-0.15, -0.1) is 0 Å². The molecule has 28 heavy (non-hydrogen) atoms. The number of carbonyl (C=O) groups excluding carboxylic acids is 1. The number of benzene rings is 2. The van der Waals surface area contributed by atoms with Gasteiger partial charge in [0, 0.05) is 22.8 Å². The van der Waals surface area contributed by atoms with Gasteiger partial charge in [-0.25, -0.2) is 0 Å². The van der Waals surface area contributed by atoms with E-state index in [0.717, 1.165) is 31.2 Å². The van der Waals surface area contributed by atoms with Crippen LogP contribution in [-0.2, 0) is 14.9 Å². The quantitative estimate of drug-likeness (QED) is 0.525. The molecule has 0 atom stereocenters. The van der Waals surface area contributed by atoms with Gasteiger partial charge in [0.25, 0.3) is 0 Å². The van der Waals surface area contributed by atoms with E-state index < -0.39 is 5.41 Å². The van der Waals surface area contributed by atoms with Crippen molar-refractivity contribution in [2.24, 2.45) is 0 Å². The van der Waals surface area contributed by atoms with Gasteiger partial charge in [0.1, 0.15) is 12.4 Å². The average molecular weight is 443 g/mol. The molecular weight excluding hydrogens is 421 g/mol. The van der Waals surface area contributed by atoms with Gasteiger partial charge in [0.05, 0.1) is 17.0 Å². The van der Waals surface area contributed by atoms with Crippen LogP contribution in [0.3, 0.4) is 0 Å². The zero-order valence-electron chi connectivity index (χ0n) is 15.6. The molecule has 0 radical (unpaired) electrons. The Bertz CT molecular complexity index is 851. The van der Waals surface area contributed by atoms with Crippen LogP contribution in [0, 0.1) is 0 Å². The molecule has 1 amide bonds. The first-order valence-electron chi connectivity index (χ1n) is 9.14. The summed E-state index contributed by atoms with van der Waals surface area (Å²) >= 11 is 18.8. The van der Waals surface area contributed by atoms with Crippen LogP contribution in [0.15, 0.2) is 36.4 Å². The minimum atomic E-state index is -0.665. The molecule has 1 saturated carbocycles. The zero-order chi connectivity index (χ0) is 20.1. The maximum absolute atomic E-state index is 13.3. The number of methoxy groups -OCH3 is 1. The lowest BCUT2D eigenvalue weighted by atomic mass is 9.78. The fourth-order valence-electron chi connectivity index (χ4n) is 3.66. The van der Waals surface area contributed by atoms with Crippen molar-refractivity contribution in [2.45, 2.75) is 31.1 Å². The van der Waals surface area contributed by atoms with Crippen LogP contribution in [0.2, 0.25) is 15.1 Å². The number of carbonyl (C=O) groups is 1. The van der Waals surface area contributed by atoms with Gasteiger partial charge >= 0.3 is 0 Å². The van der Waals surface area contributed by atoms with Crippen LogP contribution in [-0.4, -0.2) is 26.2 Å². The summed E-state index contributed by atoms with van der Waals surface area (Å²) in [6, 6.07) is 10.5. The Morgan fingerprint density at radius 2 is 1.79 bits per heavy atom. The molecule has 2 aromatic carbocycles. The number of amides is 1. The Kier molecular flexibility index (Phi) is 7.10. The molecule has 0 aliphatic heterocycles. The predicted molar refractivity (Wildman–Crippen MR) is 114 cm³/mol. The molecule has 1 aliphatic rings. The molecule has 0 saturated heterocycles. The van der Waals surface area contributed by atoms with Crippen LogP contribution >= 0.6 is 34.8 Å². The van der Waals surface area contributed by atoms with E-state index in [9.17, 15) is 4.79 Å². The van der Waals surface area contributed by atoms with E-state index in [2.05, 4.69) is 5.32 Å². The summed E-state index contributed by atoms with van der Waals surface area (Å²) in [6.07, 6.45) is 3.43. The molecule has 0 heterocycles. The monoisotopic (exact) mass is 441 g/mol. The fourth-order valence-corrected chi connectivity index (χ4v) is 4.48. The third kappa shape index (κ3) is 4.57. The van der Waals surface area contributed by atoms with Crippen LogP contribution in [0.5, 0.6) is 5.75 Å². The lowest BCUT2D eigenvalue weighted by Gasteiger charge is -2.29. The Morgan fingerprint density at radius 1 is 1.04 bits per heavy atom. The molecular formula is C21H22Cl3NO3. The zero-order valence-corrected chi connectivity index (χ0v) is 17.8. The van der Waals surface area contributed by atoms with Gasteiger partial charge in [-0.1, -0.05) is 53.7 Å². The van der Waals surface area contributed by atoms with Crippen molar-refractivity contribution in [1.29, 1.82) is 0 Å². The minimum absolute atomic E-state index is 0.0849. The lowest BCUT2D eigenvalue weighted by Crippen LogP contribution is -2.38. The molecule has 0 aromatic heterocycles. The lowest BCUT2D eigenvalue weighted by molar-refractivity contribution is -0.121. The van der Waals surface area contributed by atoms with E-state index >= 15 is 0 Å². The second kappa shape index (κ2) is 9.36. The van der Waals surface area contributed by atoms with Crippen molar-refractivity contribution in [2.75, 3.05) is 25.6 Å². The molecule has 1 N–H and O–H groups in total. The molecule has 1 fully saturated rings. The summed E-state index contributed by atoms with van der Waals surface area (Å²) in [6.45, 7) is 0.874. The fraction of sp³-hybridized carbons (Fsp3) is 0.381. The summed E-state index contributed by atoms with van der Waals surface area (Å²) < 4.78 is 10.5. The first kappa shape index (κ1) is 21.3. The molecule has 0 bridgehead atoms. The van der Waals surface area contributed by atoms with Crippen LogP contribution in [0.1, 0.15) is 31.2 Å². The number of anilines is 1. The first-order valence-corrected chi connectivity index (χ1v) is 10.3. The number of hydrogen-bond donors (Lipinski definition) is 1. The SMILES string of the molecule is COCCOc1ccc(NC(=O)C2(c3ccc(Cl)cc3Cl)CCCC2)cc1Cl. The van der Waals surface area contributed by atoms with Gasteiger partial charge < -0.3 is 14.8 Å². The van der Waals surface area contributed by atoms with Crippen LogP contribution in [0.4, 0.5) is 5.69 Å². The van der Waals surface area contributed by atoms with Crippen molar-refractivity contribution >= 4 is 46.4 Å². The molecule has 0 unspecified atom stereocenters. The standard InChI is InChI=1S/C21H22Cl3NO3/c1-27-10-11-28-19-7-5-15(13-18(19)24)25-20(26)21(8-2-3-9-21)16-6-4-14(22)12-17(16)23/h4-7,12-13H,2-3,8-11H2,1H3,(H,25,26). The third-order valence-corrected chi connectivity index (χ3v) is 5.92. The minimum Gasteiger partial charge on any atom is -0.490 e. The van der Waals surface area contributed by atoms with Crippen molar-refractivity contribution in [1.82, 2.24) is 0 Å². The summed E-state index contributed by atoms with van der Waals surface area (Å²) in [5.41, 5.74) is 0.770. The van der Waals surface area contributed by atoms with Gasteiger partial charge in [-0.3, -0.25) is 4.79 Å². The predicted octanol–water partition coefficient (Wildman–Crippen LogP) is 6.12. The Morgan fingerprint density at radius 3 is 2.43 bits per heavy atom. The number of halogens is 3. The highest BCUT2D eigenvalue weighted by molar-refractivity contribution is 6.35. The van der Waals surface area contributed by atoms with Gasteiger partial charge in [-0.2, -0.15) is 0 Å². The first-order chi connectivity index (χ1) is 13.5. The van der Waals surface area contributed by atoms with Gasteiger partial charge in [0.15, 0.2) is 0 Å². The molecule has 1 aliphatic carbocycles.